The van der Waals surface area contributed by atoms with E-state index in [-0.39, 0.29) is 11.9 Å². The van der Waals surface area contributed by atoms with Crippen LogP contribution in [0.4, 0.5) is 0 Å². The van der Waals surface area contributed by atoms with Crippen molar-refractivity contribution < 1.29 is 19.0 Å². The van der Waals surface area contributed by atoms with Gasteiger partial charge in [-0.05, 0) is 38.2 Å². The van der Waals surface area contributed by atoms with Crippen molar-refractivity contribution in [3.05, 3.63) is 52.5 Å². The number of para-hydroxylation sites is 1. The molecule has 164 valence electrons. The zero-order valence-electron chi connectivity index (χ0n) is 18.5. The maximum Gasteiger partial charge on any atom is 0.251 e. The van der Waals surface area contributed by atoms with Crippen molar-refractivity contribution in [2.45, 2.75) is 19.9 Å². The zero-order chi connectivity index (χ0) is 22.3. The van der Waals surface area contributed by atoms with Gasteiger partial charge in [0.15, 0.2) is 11.5 Å². The largest absolute Gasteiger partial charge is 0.496 e. The standard InChI is InChI=1S/C23H31ClN2O4/c1-15(2)14-30-22-18(24)11-16(12-21(22)29-6)23(27)25-13-19(26(3)4)17-9-7-8-10-20(17)28-5/h7-12,15,19H,13-14H2,1-6H3,(H,25,27). The van der Waals surface area contributed by atoms with Crippen LogP contribution in [0.3, 0.4) is 0 Å². The van der Waals surface area contributed by atoms with Gasteiger partial charge in [-0.2, -0.15) is 0 Å². The number of carbonyl (C=O) groups is 1. The molecule has 2 aromatic rings. The summed E-state index contributed by atoms with van der Waals surface area (Å²) in [6.07, 6.45) is 0. The van der Waals surface area contributed by atoms with Crippen LogP contribution in [-0.4, -0.2) is 52.3 Å². The van der Waals surface area contributed by atoms with E-state index in [2.05, 4.69) is 5.32 Å². The van der Waals surface area contributed by atoms with Crippen LogP contribution in [0.2, 0.25) is 5.02 Å². The number of hydrogen-bond donors (Lipinski definition) is 1. The maximum atomic E-state index is 12.8. The zero-order valence-corrected chi connectivity index (χ0v) is 19.2. The molecule has 1 atom stereocenters. The smallest absolute Gasteiger partial charge is 0.251 e. The number of ether oxygens (including phenoxy) is 3. The van der Waals surface area contributed by atoms with Crippen LogP contribution in [0, 0.1) is 5.92 Å². The van der Waals surface area contributed by atoms with Gasteiger partial charge < -0.3 is 24.4 Å². The molecule has 0 saturated carbocycles. The van der Waals surface area contributed by atoms with E-state index < -0.39 is 0 Å². The number of likely N-dealkylation sites (N-methyl/N-ethyl adjacent to an activating group) is 1. The normalized spacial score (nSPS) is 12.0. The molecule has 0 heterocycles. The van der Waals surface area contributed by atoms with Gasteiger partial charge in [0.05, 0.1) is 31.9 Å². The summed E-state index contributed by atoms with van der Waals surface area (Å²) in [7, 11) is 7.09. The molecule has 2 aromatic carbocycles. The van der Waals surface area contributed by atoms with Gasteiger partial charge in [-0.1, -0.05) is 43.6 Å². The molecule has 7 heteroatoms. The summed E-state index contributed by atoms with van der Waals surface area (Å²) in [5.74, 6) is 1.76. The van der Waals surface area contributed by atoms with Crippen LogP contribution in [0.5, 0.6) is 17.2 Å². The van der Waals surface area contributed by atoms with Crippen molar-refractivity contribution in [3.63, 3.8) is 0 Å². The number of hydrogen-bond acceptors (Lipinski definition) is 5. The summed E-state index contributed by atoms with van der Waals surface area (Å²) in [6, 6.07) is 11.0. The first-order valence-corrected chi connectivity index (χ1v) is 10.2. The van der Waals surface area contributed by atoms with E-state index in [1.54, 1.807) is 19.2 Å². The molecule has 0 spiro atoms. The van der Waals surface area contributed by atoms with Gasteiger partial charge in [-0.3, -0.25) is 4.79 Å². The number of methoxy groups -OCH3 is 2. The lowest BCUT2D eigenvalue weighted by atomic mass is 10.0. The molecule has 0 aliphatic heterocycles. The Hall–Kier alpha value is -2.44. The highest BCUT2D eigenvalue weighted by atomic mass is 35.5. The highest BCUT2D eigenvalue weighted by molar-refractivity contribution is 6.32. The molecule has 0 aromatic heterocycles. The van der Waals surface area contributed by atoms with Gasteiger partial charge in [0, 0.05) is 17.7 Å². The summed E-state index contributed by atoms with van der Waals surface area (Å²) in [4.78, 5) is 14.9. The van der Waals surface area contributed by atoms with Crippen molar-refractivity contribution >= 4 is 17.5 Å². The predicted molar refractivity (Wildman–Crippen MR) is 120 cm³/mol. The lowest BCUT2D eigenvalue weighted by molar-refractivity contribution is 0.0941. The summed E-state index contributed by atoms with van der Waals surface area (Å²) in [5.41, 5.74) is 1.41. The molecule has 0 saturated heterocycles. The molecule has 0 bridgehead atoms. The first kappa shape index (κ1) is 23.8. The molecule has 1 amide bonds. The van der Waals surface area contributed by atoms with E-state index in [4.69, 9.17) is 25.8 Å². The van der Waals surface area contributed by atoms with E-state index in [0.29, 0.717) is 41.2 Å². The Labute approximate surface area is 184 Å². The fourth-order valence-electron chi connectivity index (χ4n) is 3.04. The number of nitrogens with one attached hydrogen (secondary N) is 1. The lowest BCUT2D eigenvalue weighted by Gasteiger charge is -2.26. The fraction of sp³-hybridized carbons (Fsp3) is 0.435. The van der Waals surface area contributed by atoms with Gasteiger partial charge in [0.1, 0.15) is 5.75 Å². The van der Waals surface area contributed by atoms with Crippen LogP contribution < -0.4 is 19.5 Å². The van der Waals surface area contributed by atoms with Crippen LogP contribution in [0.25, 0.3) is 0 Å². The Bertz CT molecular complexity index is 855. The second-order valence-electron chi connectivity index (χ2n) is 7.63. The molecule has 0 radical (unpaired) electrons. The van der Waals surface area contributed by atoms with Crippen LogP contribution in [0.15, 0.2) is 36.4 Å². The second-order valence-corrected chi connectivity index (χ2v) is 8.03. The highest BCUT2D eigenvalue weighted by Gasteiger charge is 2.21. The predicted octanol–water partition coefficient (Wildman–Crippen LogP) is 4.42. The van der Waals surface area contributed by atoms with Crippen molar-refractivity contribution in [2.75, 3.05) is 41.5 Å². The quantitative estimate of drug-likeness (QED) is 0.599. The minimum atomic E-state index is -0.243. The fourth-order valence-corrected chi connectivity index (χ4v) is 3.31. The van der Waals surface area contributed by atoms with Gasteiger partial charge in [-0.25, -0.2) is 0 Å². The monoisotopic (exact) mass is 434 g/mol. The Kier molecular flexibility index (Phi) is 8.81. The van der Waals surface area contributed by atoms with Gasteiger partial charge >= 0.3 is 0 Å². The van der Waals surface area contributed by atoms with E-state index >= 15 is 0 Å². The number of nitrogens with zero attached hydrogens (tertiary/aromatic N) is 1. The number of benzene rings is 2. The Morgan fingerprint density at radius 3 is 2.37 bits per heavy atom. The summed E-state index contributed by atoms with van der Waals surface area (Å²) < 4.78 is 16.6. The van der Waals surface area contributed by atoms with Gasteiger partial charge in [0.2, 0.25) is 0 Å². The second kappa shape index (κ2) is 11.1. The number of amides is 1. The Morgan fingerprint density at radius 1 is 1.10 bits per heavy atom. The third-order valence-electron chi connectivity index (χ3n) is 4.63. The van der Waals surface area contributed by atoms with E-state index in [1.165, 1.54) is 7.11 Å². The van der Waals surface area contributed by atoms with Crippen LogP contribution in [-0.2, 0) is 0 Å². The van der Waals surface area contributed by atoms with Crippen LogP contribution in [0.1, 0.15) is 35.8 Å². The lowest BCUT2D eigenvalue weighted by Crippen LogP contribution is -2.34. The molecule has 2 rings (SSSR count). The minimum absolute atomic E-state index is 0.0592. The van der Waals surface area contributed by atoms with Crippen molar-refractivity contribution in [1.82, 2.24) is 10.2 Å². The number of halogens is 1. The molecule has 30 heavy (non-hydrogen) atoms. The topological polar surface area (TPSA) is 60.0 Å². The summed E-state index contributed by atoms with van der Waals surface area (Å²) in [5, 5.41) is 3.33. The maximum absolute atomic E-state index is 12.8. The van der Waals surface area contributed by atoms with Gasteiger partial charge in [-0.15, -0.1) is 0 Å². The number of carbonyl (C=O) groups excluding carboxylic acids is 1. The minimum Gasteiger partial charge on any atom is -0.496 e. The summed E-state index contributed by atoms with van der Waals surface area (Å²) >= 11 is 6.38. The van der Waals surface area contributed by atoms with E-state index in [1.807, 2.05) is 57.1 Å². The third-order valence-corrected chi connectivity index (χ3v) is 4.91. The first-order valence-electron chi connectivity index (χ1n) is 9.86. The molecular formula is C23H31ClN2O4. The van der Waals surface area contributed by atoms with Crippen molar-refractivity contribution in [2.24, 2.45) is 5.92 Å². The van der Waals surface area contributed by atoms with E-state index in [9.17, 15) is 4.79 Å². The Morgan fingerprint density at radius 2 is 1.77 bits per heavy atom. The molecule has 0 fully saturated rings. The molecule has 1 N–H and O–H groups in total. The molecule has 0 aliphatic carbocycles. The highest BCUT2D eigenvalue weighted by Crippen LogP contribution is 2.37. The molecule has 6 nitrogen and oxygen atoms in total. The van der Waals surface area contributed by atoms with Crippen LogP contribution >= 0.6 is 11.6 Å². The first-order chi connectivity index (χ1) is 14.3. The average molecular weight is 435 g/mol. The SMILES string of the molecule is COc1ccccc1C(CNC(=O)c1cc(Cl)c(OCC(C)C)c(OC)c1)N(C)C. The molecule has 0 aliphatic rings. The third kappa shape index (κ3) is 6.03. The van der Waals surface area contributed by atoms with E-state index in [0.717, 1.165) is 11.3 Å². The molecular weight excluding hydrogens is 404 g/mol. The average Bonchev–Trinajstić information content (AvgIpc) is 2.72. The van der Waals surface area contributed by atoms with Crippen molar-refractivity contribution in [3.8, 4) is 17.2 Å². The molecule has 1 unspecified atom stereocenters. The Balaban J connectivity index is 2.19. The summed E-state index contributed by atoms with van der Waals surface area (Å²) in [6.45, 7) is 5.00. The van der Waals surface area contributed by atoms with Gasteiger partial charge in [0.25, 0.3) is 5.91 Å². The van der Waals surface area contributed by atoms with Crippen molar-refractivity contribution in [1.29, 1.82) is 0 Å². The number of rotatable bonds is 10.